The summed E-state index contributed by atoms with van der Waals surface area (Å²) in [5.41, 5.74) is 0. The number of carbonyl (C=O) groups excluding carboxylic acids is 1. The Balaban J connectivity index is 2.11. The average molecular weight is 293 g/mol. The predicted octanol–water partition coefficient (Wildman–Crippen LogP) is 1.44. The van der Waals surface area contributed by atoms with E-state index in [1.807, 2.05) is 6.07 Å². The molecule has 6 nitrogen and oxygen atoms in total. The number of benzene rings is 1. The summed E-state index contributed by atoms with van der Waals surface area (Å²) in [6.45, 7) is 5.18. The highest BCUT2D eigenvalue weighted by Crippen LogP contribution is 2.33. The maximum absolute atomic E-state index is 12.3. The number of aliphatic carboxylic acids is 1. The minimum Gasteiger partial charge on any atom is -0.482 e. The largest absolute Gasteiger partial charge is 0.482 e. The summed E-state index contributed by atoms with van der Waals surface area (Å²) in [6.07, 6.45) is -1.37. The molecule has 1 aromatic rings. The van der Waals surface area contributed by atoms with E-state index in [9.17, 15) is 9.59 Å². The topological polar surface area (TPSA) is 84.9 Å². The van der Waals surface area contributed by atoms with E-state index in [1.54, 1.807) is 39.0 Å². The minimum atomic E-state index is -1.07. The molecule has 0 spiro atoms. The summed E-state index contributed by atoms with van der Waals surface area (Å²) in [6, 6.07) is 6.10. The second kappa shape index (κ2) is 6.03. The Morgan fingerprint density at radius 3 is 2.29 bits per heavy atom. The van der Waals surface area contributed by atoms with Crippen LogP contribution in [-0.2, 0) is 9.59 Å². The van der Waals surface area contributed by atoms with Crippen LogP contribution in [0.3, 0.4) is 0 Å². The van der Waals surface area contributed by atoms with Crippen LogP contribution in [0.25, 0.3) is 0 Å². The lowest BCUT2D eigenvalue weighted by Crippen LogP contribution is -2.54. The molecule has 21 heavy (non-hydrogen) atoms. The zero-order valence-corrected chi connectivity index (χ0v) is 12.2. The zero-order valence-electron chi connectivity index (χ0n) is 12.2. The lowest BCUT2D eigenvalue weighted by Gasteiger charge is -2.32. The summed E-state index contributed by atoms with van der Waals surface area (Å²) in [5.74, 6) is -0.723. The second-order valence-corrected chi connectivity index (χ2v) is 5.38. The van der Waals surface area contributed by atoms with Gasteiger partial charge in [0.25, 0.3) is 5.91 Å². The van der Waals surface area contributed by atoms with Gasteiger partial charge in [0.15, 0.2) is 11.5 Å². The molecule has 0 saturated carbocycles. The van der Waals surface area contributed by atoms with Crippen molar-refractivity contribution in [2.45, 2.75) is 39.0 Å². The number of carboxylic acid groups (broad SMARTS) is 1. The number of hydrogen-bond acceptors (Lipinski definition) is 4. The predicted molar refractivity (Wildman–Crippen MR) is 75.4 cm³/mol. The van der Waals surface area contributed by atoms with Crippen LogP contribution in [0.2, 0.25) is 0 Å². The summed E-state index contributed by atoms with van der Waals surface area (Å²) < 4.78 is 11.3. The van der Waals surface area contributed by atoms with Gasteiger partial charge < -0.3 is 19.9 Å². The highest BCUT2D eigenvalue weighted by Gasteiger charge is 2.36. The number of ether oxygens (including phenoxy) is 2. The number of amides is 1. The molecule has 0 saturated heterocycles. The lowest BCUT2D eigenvalue weighted by molar-refractivity contribution is -0.146. The highest BCUT2D eigenvalue weighted by molar-refractivity contribution is 5.87. The lowest BCUT2D eigenvalue weighted by atomic mass is 10.0. The molecule has 114 valence electrons. The van der Waals surface area contributed by atoms with Gasteiger partial charge in [0, 0.05) is 0 Å². The molecule has 1 aliphatic heterocycles. The molecule has 1 heterocycles. The number of fused-ring (bicyclic) bond motifs is 1. The molecule has 2 unspecified atom stereocenters. The summed E-state index contributed by atoms with van der Waals surface area (Å²) in [5, 5.41) is 11.6. The van der Waals surface area contributed by atoms with Crippen molar-refractivity contribution in [2.24, 2.45) is 5.92 Å². The van der Waals surface area contributed by atoms with Gasteiger partial charge in [-0.3, -0.25) is 4.79 Å². The van der Waals surface area contributed by atoms with Crippen molar-refractivity contribution in [2.75, 3.05) is 0 Å². The van der Waals surface area contributed by atoms with Crippen LogP contribution in [-0.4, -0.2) is 35.2 Å². The molecule has 1 amide bonds. The van der Waals surface area contributed by atoms with Crippen LogP contribution in [0, 0.1) is 5.92 Å². The van der Waals surface area contributed by atoms with E-state index < -0.39 is 30.1 Å². The molecule has 3 atom stereocenters. The number of hydrogen-bond donors (Lipinski definition) is 2. The molecule has 0 aliphatic carbocycles. The Bertz CT molecular complexity index is 543. The van der Waals surface area contributed by atoms with Crippen molar-refractivity contribution in [3.63, 3.8) is 0 Å². The van der Waals surface area contributed by atoms with Gasteiger partial charge in [-0.1, -0.05) is 26.0 Å². The SMILES string of the molecule is CC1Oc2ccccc2OC1C(=O)N[C@H](C(=O)O)C(C)C. The molecule has 2 N–H and O–H groups in total. The fraction of sp³-hybridized carbons (Fsp3) is 0.467. The number of para-hydroxylation sites is 2. The first-order valence-electron chi connectivity index (χ1n) is 6.85. The van der Waals surface area contributed by atoms with E-state index in [-0.39, 0.29) is 5.92 Å². The van der Waals surface area contributed by atoms with Crippen molar-refractivity contribution in [1.29, 1.82) is 0 Å². The highest BCUT2D eigenvalue weighted by atomic mass is 16.6. The van der Waals surface area contributed by atoms with E-state index in [2.05, 4.69) is 5.32 Å². The van der Waals surface area contributed by atoms with Gasteiger partial charge in [-0.25, -0.2) is 4.79 Å². The first kappa shape index (κ1) is 15.2. The van der Waals surface area contributed by atoms with E-state index in [0.717, 1.165) is 0 Å². The monoisotopic (exact) mass is 293 g/mol. The summed E-state index contributed by atoms with van der Waals surface area (Å²) in [4.78, 5) is 23.4. The molecule has 0 bridgehead atoms. The normalized spacial score (nSPS) is 21.7. The standard InChI is InChI=1S/C15H19NO5/c1-8(2)12(15(18)19)16-14(17)13-9(3)20-10-6-4-5-7-11(10)21-13/h4-9,12-13H,1-3H3,(H,16,17)(H,18,19)/t9?,12-,13?/m0/s1. The third kappa shape index (κ3) is 3.26. The molecular formula is C15H19NO5. The van der Waals surface area contributed by atoms with Crippen LogP contribution in [0.1, 0.15) is 20.8 Å². The van der Waals surface area contributed by atoms with Gasteiger partial charge in [0.1, 0.15) is 12.1 Å². The van der Waals surface area contributed by atoms with Crippen LogP contribution in [0.4, 0.5) is 0 Å². The van der Waals surface area contributed by atoms with Crippen molar-refractivity contribution >= 4 is 11.9 Å². The third-order valence-corrected chi connectivity index (χ3v) is 3.33. The van der Waals surface area contributed by atoms with Crippen molar-refractivity contribution < 1.29 is 24.2 Å². The molecule has 2 rings (SSSR count). The Labute approximate surface area is 123 Å². The van der Waals surface area contributed by atoms with Gasteiger partial charge in [0.2, 0.25) is 6.10 Å². The number of nitrogens with one attached hydrogen (secondary N) is 1. The quantitative estimate of drug-likeness (QED) is 0.877. The number of carbonyl (C=O) groups is 2. The van der Waals surface area contributed by atoms with E-state index in [0.29, 0.717) is 11.5 Å². The van der Waals surface area contributed by atoms with Crippen molar-refractivity contribution in [3.8, 4) is 11.5 Å². The molecule has 0 fully saturated rings. The van der Waals surface area contributed by atoms with Crippen LogP contribution in [0.15, 0.2) is 24.3 Å². The first-order valence-corrected chi connectivity index (χ1v) is 6.85. The van der Waals surface area contributed by atoms with Crippen LogP contribution >= 0.6 is 0 Å². The molecule has 0 aromatic heterocycles. The molecule has 1 aromatic carbocycles. The maximum atomic E-state index is 12.3. The molecule has 0 radical (unpaired) electrons. The zero-order chi connectivity index (χ0) is 15.6. The van der Waals surface area contributed by atoms with Gasteiger partial charge in [-0.05, 0) is 25.0 Å². The van der Waals surface area contributed by atoms with Gasteiger partial charge in [0.05, 0.1) is 0 Å². The number of rotatable bonds is 4. The fourth-order valence-electron chi connectivity index (χ4n) is 2.16. The van der Waals surface area contributed by atoms with E-state index >= 15 is 0 Å². The minimum absolute atomic E-state index is 0.224. The Morgan fingerprint density at radius 1 is 1.19 bits per heavy atom. The first-order chi connectivity index (χ1) is 9.90. The molecule has 6 heteroatoms. The second-order valence-electron chi connectivity index (χ2n) is 5.38. The van der Waals surface area contributed by atoms with Crippen molar-refractivity contribution in [3.05, 3.63) is 24.3 Å². The van der Waals surface area contributed by atoms with Crippen LogP contribution < -0.4 is 14.8 Å². The van der Waals surface area contributed by atoms with Crippen molar-refractivity contribution in [1.82, 2.24) is 5.32 Å². The van der Waals surface area contributed by atoms with Gasteiger partial charge in [-0.15, -0.1) is 0 Å². The summed E-state index contributed by atoms with van der Waals surface area (Å²) >= 11 is 0. The third-order valence-electron chi connectivity index (χ3n) is 3.33. The maximum Gasteiger partial charge on any atom is 0.326 e. The average Bonchev–Trinajstić information content (AvgIpc) is 2.43. The Kier molecular flexibility index (Phi) is 4.35. The fourth-order valence-corrected chi connectivity index (χ4v) is 2.16. The Hall–Kier alpha value is -2.24. The molecular weight excluding hydrogens is 274 g/mol. The summed E-state index contributed by atoms with van der Waals surface area (Å²) in [7, 11) is 0. The van der Waals surface area contributed by atoms with Gasteiger partial charge in [-0.2, -0.15) is 0 Å². The number of carboxylic acids is 1. The molecule has 1 aliphatic rings. The Morgan fingerprint density at radius 2 is 1.76 bits per heavy atom. The smallest absolute Gasteiger partial charge is 0.326 e. The van der Waals surface area contributed by atoms with Gasteiger partial charge >= 0.3 is 5.97 Å². The van der Waals surface area contributed by atoms with E-state index in [4.69, 9.17) is 14.6 Å². The van der Waals surface area contributed by atoms with Crippen LogP contribution in [0.5, 0.6) is 11.5 Å². The van der Waals surface area contributed by atoms with E-state index in [1.165, 1.54) is 0 Å².